The Morgan fingerprint density at radius 3 is 2.17 bits per heavy atom. The van der Waals surface area contributed by atoms with Crippen LogP contribution in [0.2, 0.25) is 0 Å². The third-order valence-corrected chi connectivity index (χ3v) is 3.85. The van der Waals surface area contributed by atoms with E-state index < -0.39 is 0 Å². The highest BCUT2D eigenvalue weighted by atomic mass is 16.3. The summed E-state index contributed by atoms with van der Waals surface area (Å²) in [6.07, 6.45) is 0. The van der Waals surface area contributed by atoms with Gasteiger partial charge in [0.05, 0.1) is 11.1 Å². The summed E-state index contributed by atoms with van der Waals surface area (Å²) in [4.78, 5) is 0. The van der Waals surface area contributed by atoms with Crippen molar-refractivity contribution in [3.8, 4) is 28.3 Å². The third kappa shape index (κ3) is 2.87. The van der Waals surface area contributed by atoms with Gasteiger partial charge in [0.25, 0.3) is 0 Å². The number of aryl methyl sites for hydroxylation is 1. The van der Waals surface area contributed by atoms with Gasteiger partial charge in [-0.15, -0.1) is 0 Å². The summed E-state index contributed by atoms with van der Waals surface area (Å²) >= 11 is 0. The Bertz CT molecular complexity index is 827. The van der Waals surface area contributed by atoms with Gasteiger partial charge in [-0.25, -0.2) is 4.68 Å². The molecule has 0 spiro atoms. The molecule has 0 radical (unpaired) electrons. The van der Waals surface area contributed by atoms with Crippen LogP contribution in [0.25, 0.3) is 22.4 Å². The maximum atomic E-state index is 10.8. The quantitative estimate of drug-likeness (QED) is 0.724. The summed E-state index contributed by atoms with van der Waals surface area (Å²) in [5.41, 5.74) is 4.46. The van der Waals surface area contributed by atoms with Crippen molar-refractivity contribution in [1.29, 1.82) is 0 Å². The number of aromatic hydroxyl groups is 1. The van der Waals surface area contributed by atoms with Gasteiger partial charge in [-0.3, -0.25) is 0 Å². The predicted molar refractivity (Wildman–Crippen MR) is 94.5 cm³/mol. The van der Waals surface area contributed by atoms with Gasteiger partial charge < -0.3 is 5.11 Å². The van der Waals surface area contributed by atoms with Crippen LogP contribution in [0.15, 0.2) is 54.6 Å². The molecule has 1 heterocycles. The Morgan fingerprint density at radius 1 is 0.913 bits per heavy atom. The molecule has 3 rings (SSSR count). The second-order valence-electron chi connectivity index (χ2n) is 6.87. The molecule has 0 unspecified atom stereocenters. The highest BCUT2D eigenvalue weighted by Gasteiger charge is 2.26. The highest BCUT2D eigenvalue weighted by Crippen LogP contribution is 2.40. The summed E-state index contributed by atoms with van der Waals surface area (Å²) in [6, 6.07) is 18.1. The fourth-order valence-corrected chi connectivity index (χ4v) is 2.74. The molecule has 0 bridgehead atoms. The van der Waals surface area contributed by atoms with E-state index in [9.17, 15) is 5.11 Å². The van der Waals surface area contributed by atoms with Crippen LogP contribution in [-0.4, -0.2) is 14.9 Å². The molecule has 0 amide bonds. The van der Waals surface area contributed by atoms with Crippen molar-refractivity contribution in [2.24, 2.45) is 0 Å². The first-order valence-electron chi connectivity index (χ1n) is 7.83. The number of benzene rings is 2. The molecular weight excluding hydrogens is 284 g/mol. The lowest BCUT2D eigenvalue weighted by atomic mass is 10.00. The van der Waals surface area contributed by atoms with Crippen molar-refractivity contribution in [2.45, 2.75) is 33.2 Å². The van der Waals surface area contributed by atoms with E-state index in [1.165, 1.54) is 5.56 Å². The van der Waals surface area contributed by atoms with Crippen LogP contribution in [0.4, 0.5) is 0 Å². The molecule has 0 atom stereocenters. The smallest absolute Gasteiger partial charge is 0.218 e. The van der Waals surface area contributed by atoms with Crippen LogP contribution in [0.1, 0.15) is 26.3 Å². The Labute approximate surface area is 137 Å². The Balaban J connectivity index is 2.30. The minimum absolute atomic E-state index is 0.209. The molecule has 23 heavy (non-hydrogen) atoms. The first-order valence-corrected chi connectivity index (χ1v) is 7.83. The minimum atomic E-state index is -0.296. The van der Waals surface area contributed by atoms with E-state index in [4.69, 9.17) is 5.10 Å². The normalized spacial score (nSPS) is 11.7. The number of hydrogen-bond donors (Lipinski definition) is 1. The summed E-state index contributed by atoms with van der Waals surface area (Å²) in [5.74, 6) is 0.209. The molecule has 118 valence electrons. The van der Waals surface area contributed by atoms with Gasteiger partial charge in [0.15, 0.2) is 0 Å². The van der Waals surface area contributed by atoms with E-state index in [1.54, 1.807) is 4.68 Å². The van der Waals surface area contributed by atoms with Crippen LogP contribution in [0.5, 0.6) is 5.88 Å². The van der Waals surface area contributed by atoms with E-state index in [1.807, 2.05) is 63.2 Å². The number of rotatable bonds is 2. The van der Waals surface area contributed by atoms with Gasteiger partial charge in [-0.05, 0) is 39.3 Å². The first kappa shape index (κ1) is 15.3. The zero-order valence-electron chi connectivity index (χ0n) is 14.0. The van der Waals surface area contributed by atoms with Gasteiger partial charge >= 0.3 is 0 Å². The standard InChI is InChI=1S/C20H22N2O/c1-14-9-8-12-16(13-14)18-17(15-10-6-5-7-11-15)19(23)22(21-18)20(2,3)4/h5-13,23H,1-4H3. The minimum Gasteiger partial charge on any atom is -0.493 e. The number of nitrogens with zero attached hydrogens (tertiary/aromatic N) is 2. The molecule has 3 nitrogen and oxygen atoms in total. The summed E-state index contributed by atoms with van der Waals surface area (Å²) in [6.45, 7) is 8.17. The van der Waals surface area contributed by atoms with Gasteiger partial charge in [0, 0.05) is 5.56 Å². The number of hydrogen-bond acceptors (Lipinski definition) is 2. The molecule has 0 aliphatic rings. The molecular formula is C20H22N2O. The lowest BCUT2D eigenvalue weighted by molar-refractivity contribution is 0.296. The van der Waals surface area contributed by atoms with Crippen molar-refractivity contribution in [3.63, 3.8) is 0 Å². The van der Waals surface area contributed by atoms with Crippen LogP contribution < -0.4 is 0 Å². The molecule has 3 heteroatoms. The van der Waals surface area contributed by atoms with Gasteiger partial charge in [-0.2, -0.15) is 5.10 Å². The molecule has 3 aromatic rings. The van der Waals surface area contributed by atoms with Crippen molar-refractivity contribution in [2.75, 3.05) is 0 Å². The van der Waals surface area contributed by atoms with E-state index in [0.717, 1.165) is 22.4 Å². The van der Waals surface area contributed by atoms with Crippen LogP contribution >= 0.6 is 0 Å². The van der Waals surface area contributed by atoms with Crippen molar-refractivity contribution in [3.05, 3.63) is 60.2 Å². The maximum Gasteiger partial charge on any atom is 0.218 e. The summed E-state index contributed by atoms with van der Waals surface area (Å²) < 4.78 is 1.70. The lowest BCUT2D eigenvalue weighted by Crippen LogP contribution is -2.22. The monoisotopic (exact) mass is 306 g/mol. The fraction of sp³-hybridized carbons (Fsp3) is 0.250. The average molecular weight is 306 g/mol. The molecule has 1 N–H and O–H groups in total. The summed E-state index contributed by atoms with van der Waals surface area (Å²) in [7, 11) is 0. The zero-order chi connectivity index (χ0) is 16.6. The zero-order valence-corrected chi connectivity index (χ0v) is 14.0. The van der Waals surface area contributed by atoms with Crippen LogP contribution in [0.3, 0.4) is 0 Å². The van der Waals surface area contributed by atoms with Gasteiger partial charge in [0.1, 0.15) is 5.69 Å². The predicted octanol–water partition coefficient (Wildman–Crippen LogP) is 4.99. The van der Waals surface area contributed by atoms with E-state index in [2.05, 4.69) is 19.1 Å². The second-order valence-corrected chi connectivity index (χ2v) is 6.87. The first-order chi connectivity index (χ1) is 10.9. The molecule has 0 saturated carbocycles. The van der Waals surface area contributed by atoms with Gasteiger partial charge in [-0.1, -0.05) is 54.1 Å². The Kier molecular flexibility index (Phi) is 3.72. The largest absolute Gasteiger partial charge is 0.493 e. The molecule has 0 aliphatic heterocycles. The maximum absolute atomic E-state index is 10.8. The van der Waals surface area contributed by atoms with Crippen LogP contribution in [0, 0.1) is 6.92 Å². The van der Waals surface area contributed by atoms with Crippen molar-refractivity contribution in [1.82, 2.24) is 9.78 Å². The molecule has 1 aromatic heterocycles. The van der Waals surface area contributed by atoms with Gasteiger partial charge in [0.2, 0.25) is 5.88 Å². The van der Waals surface area contributed by atoms with E-state index in [-0.39, 0.29) is 11.4 Å². The molecule has 0 saturated heterocycles. The van der Waals surface area contributed by atoms with Crippen LogP contribution in [-0.2, 0) is 5.54 Å². The van der Waals surface area contributed by atoms with Crippen molar-refractivity contribution < 1.29 is 5.11 Å². The third-order valence-electron chi connectivity index (χ3n) is 3.85. The summed E-state index contributed by atoms with van der Waals surface area (Å²) in [5, 5.41) is 15.6. The lowest BCUT2D eigenvalue weighted by Gasteiger charge is -2.20. The second kappa shape index (κ2) is 5.58. The topological polar surface area (TPSA) is 38.0 Å². The fourth-order valence-electron chi connectivity index (χ4n) is 2.74. The average Bonchev–Trinajstić information content (AvgIpc) is 2.86. The highest BCUT2D eigenvalue weighted by molar-refractivity contribution is 5.84. The SMILES string of the molecule is Cc1cccc(-c2nn(C(C)(C)C)c(O)c2-c2ccccc2)c1. The molecule has 0 aliphatic carbocycles. The van der Waals surface area contributed by atoms with E-state index in [0.29, 0.717) is 0 Å². The number of aromatic nitrogens is 2. The van der Waals surface area contributed by atoms with E-state index >= 15 is 0 Å². The molecule has 0 fully saturated rings. The van der Waals surface area contributed by atoms with Crippen molar-refractivity contribution >= 4 is 0 Å². The molecule has 2 aromatic carbocycles. The Hall–Kier alpha value is -2.55. The Morgan fingerprint density at radius 2 is 1.57 bits per heavy atom.